The predicted octanol–water partition coefficient (Wildman–Crippen LogP) is 1.83. The van der Waals surface area contributed by atoms with Crippen LogP contribution in [0.25, 0.3) is 0 Å². The van der Waals surface area contributed by atoms with Crippen molar-refractivity contribution < 1.29 is 9.84 Å². The maximum absolute atomic E-state index is 10.2. The molecular formula is C19H32ClN3O2. The largest absolute Gasteiger partial charge is 0.508 e. The molecule has 0 saturated carbocycles. The van der Waals surface area contributed by atoms with Crippen LogP contribution in [0.15, 0.2) is 18.2 Å². The molecule has 0 spiro atoms. The second-order valence-electron chi connectivity index (χ2n) is 7.10. The number of benzene rings is 1. The van der Waals surface area contributed by atoms with Gasteiger partial charge in [0, 0.05) is 51.4 Å². The third kappa shape index (κ3) is 6.42. The van der Waals surface area contributed by atoms with Crippen molar-refractivity contribution in [2.24, 2.45) is 0 Å². The van der Waals surface area contributed by atoms with Gasteiger partial charge in [0.25, 0.3) is 0 Å². The Morgan fingerprint density at radius 1 is 1.00 bits per heavy atom. The second kappa shape index (κ2) is 10.3. The van der Waals surface area contributed by atoms with Gasteiger partial charge in [-0.15, -0.1) is 12.4 Å². The lowest BCUT2D eigenvalue weighted by molar-refractivity contribution is 0.0374. The number of rotatable bonds is 6. The third-order valence-electron chi connectivity index (χ3n) is 5.18. The minimum atomic E-state index is 0. The fraction of sp³-hybridized carbons (Fsp3) is 0.684. The highest BCUT2D eigenvalue weighted by Gasteiger charge is 2.16. The quantitative estimate of drug-likeness (QED) is 0.828. The fourth-order valence-corrected chi connectivity index (χ4v) is 3.50. The molecule has 3 rings (SSSR count). The SMILES string of the molecule is CN1CCN(Cc2cc(CCCN3CCOCC3)ccc2O)CC1.Cl. The second-order valence-corrected chi connectivity index (χ2v) is 7.10. The zero-order valence-corrected chi connectivity index (χ0v) is 16.1. The molecular weight excluding hydrogens is 338 g/mol. The van der Waals surface area contributed by atoms with E-state index in [9.17, 15) is 5.11 Å². The molecule has 2 aliphatic heterocycles. The molecule has 0 aromatic heterocycles. The minimum Gasteiger partial charge on any atom is -0.508 e. The highest BCUT2D eigenvalue weighted by Crippen LogP contribution is 2.22. The molecule has 25 heavy (non-hydrogen) atoms. The Labute approximate surface area is 158 Å². The van der Waals surface area contributed by atoms with Crippen LogP contribution in [-0.2, 0) is 17.7 Å². The van der Waals surface area contributed by atoms with Gasteiger partial charge in [0.2, 0.25) is 0 Å². The number of nitrogens with zero attached hydrogens (tertiary/aromatic N) is 3. The van der Waals surface area contributed by atoms with Gasteiger partial charge < -0.3 is 14.7 Å². The van der Waals surface area contributed by atoms with E-state index in [4.69, 9.17) is 4.74 Å². The average molecular weight is 370 g/mol. The van der Waals surface area contributed by atoms with E-state index in [-0.39, 0.29) is 12.4 Å². The molecule has 5 nitrogen and oxygen atoms in total. The number of ether oxygens (including phenoxy) is 1. The molecule has 2 aliphatic rings. The number of phenolic OH excluding ortho intramolecular Hbond substituents is 1. The molecule has 0 amide bonds. The summed E-state index contributed by atoms with van der Waals surface area (Å²) in [4.78, 5) is 7.28. The monoisotopic (exact) mass is 369 g/mol. The van der Waals surface area contributed by atoms with Crippen LogP contribution >= 0.6 is 12.4 Å². The first-order chi connectivity index (χ1) is 11.7. The Morgan fingerprint density at radius 3 is 2.44 bits per heavy atom. The standard InChI is InChI=1S/C19H31N3O2.ClH/c1-20-7-9-22(10-8-20)16-18-15-17(4-5-19(18)23)3-2-6-21-11-13-24-14-12-21;/h4-5,15,23H,2-3,6-14,16H2,1H3;1H. The zero-order chi connectivity index (χ0) is 16.8. The number of piperazine rings is 1. The molecule has 0 aliphatic carbocycles. The topological polar surface area (TPSA) is 39.2 Å². The van der Waals surface area contributed by atoms with Crippen molar-refractivity contribution in [3.63, 3.8) is 0 Å². The normalized spacial score (nSPS) is 20.4. The summed E-state index contributed by atoms with van der Waals surface area (Å²) < 4.78 is 5.39. The maximum Gasteiger partial charge on any atom is 0.120 e. The van der Waals surface area contributed by atoms with Crippen molar-refractivity contribution in [1.82, 2.24) is 14.7 Å². The van der Waals surface area contributed by atoms with Gasteiger partial charge in [-0.1, -0.05) is 12.1 Å². The average Bonchev–Trinajstić information content (AvgIpc) is 2.61. The van der Waals surface area contributed by atoms with Gasteiger partial charge in [-0.25, -0.2) is 0 Å². The number of hydrogen-bond donors (Lipinski definition) is 1. The first-order valence-electron chi connectivity index (χ1n) is 9.22. The zero-order valence-electron chi connectivity index (χ0n) is 15.3. The lowest BCUT2D eigenvalue weighted by Gasteiger charge is -2.32. The van der Waals surface area contributed by atoms with Crippen molar-refractivity contribution in [2.45, 2.75) is 19.4 Å². The highest BCUT2D eigenvalue weighted by molar-refractivity contribution is 5.85. The fourth-order valence-electron chi connectivity index (χ4n) is 3.50. The molecule has 1 aromatic rings. The summed E-state index contributed by atoms with van der Waals surface area (Å²) in [5, 5.41) is 10.2. The van der Waals surface area contributed by atoms with Crippen LogP contribution in [0.3, 0.4) is 0 Å². The molecule has 2 fully saturated rings. The van der Waals surface area contributed by atoms with Crippen molar-refractivity contribution in [3.8, 4) is 5.75 Å². The van der Waals surface area contributed by atoms with E-state index in [2.05, 4.69) is 33.9 Å². The van der Waals surface area contributed by atoms with Crippen molar-refractivity contribution in [2.75, 3.05) is 66.1 Å². The molecule has 1 aromatic carbocycles. The van der Waals surface area contributed by atoms with E-state index in [1.165, 1.54) is 12.0 Å². The number of aromatic hydroxyl groups is 1. The summed E-state index contributed by atoms with van der Waals surface area (Å²) in [6, 6.07) is 6.14. The molecule has 6 heteroatoms. The molecule has 0 unspecified atom stereocenters. The molecule has 2 saturated heterocycles. The lowest BCUT2D eigenvalue weighted by atomic mass is 10.0. The molecule has 0 radical (unpaired) electrons. The van der Waals surface area contributed by atoms with E-state index < -0.39 is 0 Å². The molecule has 2 heterocycles. The molecule has 0 atom stereocenters. The van der Waals surface area contributed by atoms with E-state index >= 15 is 0 Å². The molecule has 0 bridgehead atoms. The summed E-state index contributed by atoms with van der Waals surface area (Å²) in [6.45, 7) is 10.2. The third-order valence-corrected chi connectivity index (χ3v) is 5.18. The number of hydrogen-bond acceptors (Lipinski definition) is 5. The van der Waals surface area contributed by atoms with Crippen LogP contribution in [0.2, 0.25) is 0 Å². The summed E-state index contributed by atoms with van der Waals surface area (Å²) >= 11 is 0. The van der Waals surface area contributed by atoms with Gasteiger partial charge in [-0.05, 0) is 38.1 Å². The summed E-state index contributed by atoms with van der Waals surface area (Å²) in [7, 11) is 2.17. The van der Waals surface area contributed by atoms with Crippen molar-refractivity contribution in [3.05, 3.63) is 29.3 Å². The summed E-state index contributed by atoms with van der Waals surface area (Å²) in [5.41, 5.74) is 2.41. The summed E-state index contributed by atoms with van der Waals surface area (Å²) in [5.74, 6) is 0.436. The van der Waals surface area contributed by atoms with Crippen LogP contribution in [-0.4, -0.2) is 85.9 Å². The lowest BCUT2D eigenvalue weighted by Crippen LogP contribution is -2.43. The number of halogens is 1. The van der Waals surface area contributed by atoms with E-state index in [0.29, 0.717) is 5.75 Å². The minimum absolute atomic E-state index is 0. The van der Waals surface area contributed by atoms with E-state index in [1.807, 2.05) is 6.07 Å². The van der Waals surface area contributed by atoms with Crippen LogP contribution in [0, 0.1) is 0 Å². The Kier molecular flexibility index (Phi) is 8.46. The van der Waals surface area contributed by atoms with Crippen LogP contribution in [0.5, 0.6) is 5.75 Å². The van der Waals surface area contributed by atoms with Gasteiger partial charge >= 0.3 is 0 Å². The Bertz CT molecular complexity index is 515. The van der Waals surface area contributed by atoms with Crippen LogP contribution in [0.1, 0.15) is 17.5 Å². The number of likely N-dealkylation sites (N-methyl/N-ethyl adjacent to an activating group) is 1. The van der Waals surface area contributed by atoms with Crippen LogP contribution in [0.4, 0.5) is 0 Å². The highest BCUT2D eigenvalue weighted by atomic mass is 35.5. The number of morpholine rings is 1. The first-order valence-corrected chi connectivity index (χ1v) is 9.22. The number of phenols is 1. The van der Waals surface area contributed by atoms with Crippen molar-refractivity contribution in [1.29, 1.82) is 0 Å². The van der Waals surface area contributed by atoms with E-state index in [1.54, 1.807) is 0 Å². The Hall–Kier alpha value is -0.850. The maximum atomic E-state index is 10.2. The van der Waals surface area contributed by atoms with Crippen LogP contribution < -0.4 is 0 Å². The summed E-state index contributed by atoms with van der Waals surface area (Å²) in [6.07, 6.45) is 2.24. The molecule has 1 N–H and O–H groups in total. The smallest absolute Gasteiger partial charge is 0.120 e. The molecule has 142 valence electrons. The first kappa shape index (κ1) is 20.5. The van der Waals surface area contributed by atoms with Crippen molar-refractivity contribution >= 4 is 12.4 Å². The van der Waals surface area contributed by atoms with Gasteiger partial charge in [0.05, 0.1) is 13.2 Å². The van der Waals surface area contributed by atoms with Gasteiger partial charge in [0.15, 0.2) is 0 Å². The Balaban J connectivity index is 0.00000225. The Morgan fingerprint density at radius 2 is 1.72 bits per heavy atom. The van der Waals surface area contributed by atoms with Gasteiger partial charge in [-0.3, -0.25) is 9.80 Å². The van der Waals surface area contributed by atoms with E-state index in [0.717, 1.165) is 77.6 Å². The predicted molar refractivity (Wildman–Crippen MR) is 104 cm³/mol. The van der Waals surface area contributed by atoms with Gasteiger partial charge in [0.1, 0.15) is 5.75 Å². The number of aryl methyl sites for hydroxylation is 1. The van der Waals surface area contributed by atoms with Gasteiger partial charge in [-0.2, -0.15) is 0 Å².